The van der Waals surface area contributed by atoms with Crippen LogP contribution >= 0.6 is 0 Å². The van der Waals surface area contributed by atoms with Crippen LogP contribution in [-0.2, 0) is 14.1 Å². The summed E-state index contributed by atoms with van der Waals surface area (Å²) in [5, 5.41) is 17.5. The second kappa shape index (κ2) is 6.80. The Morgan fingerprint density at radius 3 is 2.72 bits per heavy atom. The van der Waals surface area contributed by atoms with E-state index >= 15 is 0 Å². The second-order valence-electron chi connectivity index (χ2n) is 7.17. The Balaban J connectivity index is 1.67. The molecular weight excluding hydrogens is 368 g/mol. The third kappa shape index (κ3) is 2.97. The van der Waals surface area contributed by atoms with E-state index in [-0.39, 0.29) is 0 Å². The van der Waals surface area contributed by atoms with Gasteiger partial charge in [0.1, 0.15) is 0 Å². The van der Waals surface area contributed by atoms with Crippen molar-refractivity contribution in [2.24, 2.45) is 14.1 Å². The Kier molecular flexibility index (Phi) is 4.12. The van der Waals surface area contributed by atoms with E-state index in [9.17, 15) is 0 Å². The number of aryl methyl sites for hydroxylation is 3. The van der Waals surface area contributed by atoms with E-state index in [0.717, 1.165) is 57.2 Å². The highest BCUT2D eigenvalue weighted by molar-refractivity contribution is 5.93. The summed E-state index contributed by atoms with van der Waals surface area (Å²) in [6.45, 7) is 3.05. The van der Waals surface area contributed by atoms with Gasteiger partial charge >= 0.3 is 0 Å². The molecule has 148 valence electrons. The van der Waals surface area contributed by atoms with Gasteiger partial charge in [0.15, 0.2) is 0 Å². The maximum absolute atomic E-state index is 6.06. The summed E-state index contributed by atoms with van der Waals surface area (Å²) in [7, 11) is 3.78. The van der Waals surface area contributed by atoms with Crippen LogP contribution in [0.1, 0.15) is 23.4 Å². The largest absolute Gasteiger partial charge is 0.477 e. The average molecular weight is 390 g/mol. The van der Waals surface area contributed by atoms with Crippen molar-refractivity contribution in [3.8, 4) is 22.9 Å². The monoisotopic (exact) mass is 390 g/mol. The molecule has 1 N–H and O–H groups in total. The molecular formula is C21H22N6O2. The zero-order valence-corrected chi connectivity index (χ0v) is 16.6. The number of rotatable bonds is 0. The highest BCUT2D eigenvalue weighted by Gasteiger charge is 2.16. The van der Waals surface area contributed by atoms with Crippen LogP contribution in [0.4, 0.5) is 0 Å². The fourth-order valence-corrected chi connectivity index (χ4v) is 3.70. The molecule has 1 aliphatic rings. The molecule has 4 aromatic rings. The molecule has 1 aromatic carbocycles. The van der Waals surface area contributed by atoms with Gasteiger partial charge in [-0.05, 0) is 36.8 Å². The summed E-state index contributed by atoms with van der Waals surface area (Å²) in [5.41, 5.74) is 5.73. The first-order chi connectivity index (χ1) is 14.1. The summed E-state index contributed by atoms with van der Waals surface area (Å²) in [4.78, 5) is 0. The van der Waals surface area contributed by atoms with Crippen molar-refractivity contribution in [3.63, 3.8) is 0 Å². The van der Waals surface area contributed by atoms with E-state index in [2.05, 4.69) is 26.5 Å². The summed E-state index contributed by atoms with van der Waals surface area (Å²) >= 11 is 0. The number of nitrogens with zero attached hydrogens (tertiary/aromatic N) is 5. The lowest BCUT2D eigenvalue weighted by atomic mass is 10.1. The van der Waals surface area contributed by atoms with Crippen LogP contribution in [0, 0.1) is 6.92 Å². The molecule has 0 amide bonds. The van der Waals surface area contributed by atoms with Crippen LogP contribution < -0.4 is 9.47 Å². The topological polar surface area (TPSA) is 82.8 Å². The predicted octanol–water partition coefficient (Wildman–Crippen LogP) is 3.34. The highest BCUT2D eigenvalue weighted by Crippen LogP contribution is 2.33. The minimum absolute atomic E-state index is 0.535. The van der Waals surface area contributed by atoms with Crippen molar-refractivity contribution < 1.29 is 9.47 Å². The van der Waals surface area contributed by atoms with Gasteiger partial charge in [-0.25, -0.2) is 9.36 Å². The van der Waals surface area contributed by atoms with Crippen molar-refractivity contribution in [1.82, 2.24) is 29.8 Å². The molecule has 8 nitrogen and oxygen atoms in total. The quantitative estimate of drug-likeness (QED) is 0.498. The molecule has 5 rings (SSSR count). The molecule has 0 unspecified atom stereocenters. The van der Waals surface area contributed by atoms with Crippen molar-refractivity contribution in [1.29, 1.82) is 0 Å². The Bertz CT molecular complexity index is 1230. The third-order valence-electron chi connectivity index (χ3n) is 5.18. The number of nitrogens with one attached hydrogen (secondary N) is 1. The molecule has 0 spiro atoms. The van der Waals surface area contributed by atoms with Gasteiger partial charge in [-0.1, -0.05) is 6.07 Å². The molecule has 0 radical (unpaired) electrons. The van der Waals surface area contributed by atoms with E-state index < -0.39 is 0 Å². The Hall–Kier alpha value is -3.55. The lowest BCUT2D eigenvalue weighted by molar-refractivity contribution is 0.226. The van der Waals surface area contributed by atoms with Crippen LogP contribution in [0.3, 0.4) is 0 Å². The van der Waals surface area contributed by atoms with Crippen LogP contribution in [0.2, 0.25) is 0 Å². The summed E-state index contributed by atoms with van der Waals surface area (Å²) < 4.78 is 15.6. The summed E-state index contributed by atoms with van der Waals surface area (Å²) in [5.74, 6) is 1.50. The SMILES string of the molecule is Cc1nn(C)c2c1/C=C/c1[nH]nc3ccc(cc13)-c1cnn(C)c1OCCCO2. The van der Waals surface area contributed by atoms with Gasteiger partial charge in [0.25, 0.3) is 0 Å². The van der Waals surface area contributed by atoms with Crippen molar-refractivity contribution in [2.75, 3.05) is 13.2 Å². The molecule has 8 heteroatoms. The Labute approximate surface area is 167 Å². The van der Waals surface area contributed by atoms with Crippen molar-refractivity contribution in [2.45, 2.75) is 13.3 Å². The van der Waals surface area contributed by atoms with Crippen molar-refractivity contribution >= 4 is 23.1 Å². The van der Waals surface area contributed by atoms with Crippen molar-refractivity contribution in [3.05, 3.63) is 41.3 Å². The van der Waals surface area contributed by atoms with Gasteiger partial charge in [-0.15, -0.1) is 0 Å². The molecule has 0 aliphatic carbocycles. The minimum atomic E-state index is 0.535. The standard InChI is InChI=1S/C21H22N6O2/c1-13-15-6-8-19-16-11-14(5-7-18(16)23-24-19)17-12-22-26(2)21(17)29-10-4-9-28-20(15)27(3)25-13/h5-8,11-12H,4,9-10H2,1-3H3,(H,23,24)/b8-6+. The average Bonchev–Trinajstić information content (AvgIpc) is 3.35. The number of fused-ring (bicyclic) bond motifs is 4. The number of aromatic amines is 1. The molecule has 0 atom stereocenters. The normalized spacial score (nSPS) is 15.1. The second-order valence-corrected chi connectivity index (χ2v) is 7.17. The predicted molar refractivity (Wildman–Crippen MR) is 111 cm³/mol. The van der Waals surface area contributed by atoms with E-state index in [1.807, 2.05) is 51.5 Å². The molecule has 4 heterocycles. The number of hydrogen-bond donors (Lipinski definition) is 1. The van der Waals surface area contributed by atoms with Gasteiger partial charge in [0.05, 0.1) is 47.4 Å². The van der Waals surface area contributed by atoms with Crippen LogP contribution in [0.25, 0.3) is 34.2 Å². The molecule has 0 fully saturated rings. The van der Waals surface area contributed by atoms with Gasteiger partial charge in [0.2, 0.25) is 11.8 Å². The van der Waals surface area contributed by atoms with Crippen LogP contribution in [0.15, 0.2) is 24.4 Å². The van der Waals surface area contributed by atoms with Crippen LogP contribution in [-0.4, -0.2) is 43.0 Å². The van der Waals surface area contributed by atoms with Gasteiger partial charge in [-0.3, -0.25) is 5.10 Å². The first kappa shape index (κ1) is 17.5. The molecule has 1 aliphatic heterocycles. The minimum Gasteiger partial charge on any atom is -0.477 e. The molecule has 2 bridgehead atoms. The van der Waals surface area contributed by atoms with E-state index in [0.29, 0.717) is 13.2 Å². The maximum atomic E-state index is 6.06. The molecule has 0 saturated carbocycles. The highest BCUT2D eigenvalue weighted by atomic mass is 16.5. The fraction of sp³-hybridized carbons (Fsp3) is 0.286. The molecule has 0 saturated heterocycles. The number of aromatic nitrogens is 6. The van der Waals surface area contributed by atoms with E-state index in [4.69, 9.17) is 9.47 Å². The van der Waals surface area contributed by atoms with E-state index in [1.54, 1.807) is 9.36 Å². The lowest BCUT2D eigenvalue weighted by Crippen LogP contribution is -2.09. The van der Waals surface area contributed by atoms with Gasteiger partial charge in [0, 0.05) is 25.9 Å². The number of benzene rings is 1. The van der Waals surface area contributed by atoms with Gasteiger partial charge in [-0.2, -0.15) is 15.3 Å². The summed E-state index contributed by atoms with van der Waals surface area (Å²) in [6, 6.07) is 6.18. The smallest absolute Gasteiger partial charge is 0.219 e. The van der Waals surface area contributed by atoms with Gasteiger partial charge < -0.3 is 9.47 Å². The molecule has 29 heavy (non-hydrogen) atoms. The third-order valence-corrected chi connectivity index (χ3v) is 5.18. The Morgan fingerprint density at radius 2 is 1.86 bits per heavy atom. The number of ether oxygens (including phenoxy) is 2. The lowest BCUT2D eigenvalue weighted by Gasteiger charge is -2.10. The fourth-order valence-electron chi connectivity index (χ4n) is 3.70. The zero-order valence-electron chi connectivity index (χ0n) is 16.6. The Morgan fingerprint density at radius 1 is 1.03 bits per heavy atom. The zero-order chi connectivity index (χ0) is 20.0. The first-order valence-electron chi connectivity index (χ1n) is 9.59. The summed E-state index contributed by atoms with van der Waals surface area (Å²) in [6.07, 6.45) is 6.64. The maximum Gasteiger partial charge on any atom is 0.219 e. The first-order valence-corrected chi connectivity index (χ1v) is 9.59. The van der Waals surface area contributed by atoms with E-state index in [1.165, 1.54) is 0 Å². The number of hydrogen-bond acceptors (Lipinski definition) is 5. The van der Waals surface area contributed by atoms with Crippen LogP contribution in [0.5, 0.6) is 11.8 Å². The molecule has 3 aromatic heterocycles. The number of H-pyrrole nitrogens is 1.